The standard InChI is InChI=1S/C26H28N2O11/c29-21(30)13-11-19(27-25(35)37-15-17-7-3-1-4-8-17)23(33)39-24(34)20(12-14-22(31)32)28-26(36)38-16-18-9-5-2-6-10-18/h1-10,19-20H,11-16H2,(H,27,35)(H,28,36)(H,29,30)(H,31,32). The maximum Gasteiger partial charge on any atom is 0.408 e. The van der Waals surface area contributed by atoms with E-state index in [9.17, 15) is 28.8 Å². The minimum Gasteiger partial charge on any atom is -0.481 e. The largest absolute Gasteiger partial charge is 0.481 e. The van der Waals surface area contributed by atoms with Crippen molar-refractivity contribution in [1.82, 2.24) is 10.6 Å². The van der Waals surface area contributed by atoms with Gasteiger partial charge >= 0.3 is 36.1 Å². The van der Waals surface area contributed by atoms with Crippen LogP contribution in [0.25, 0.3) is 0 Å². The zero-order valence-corrected chi connectivity index (χ0v) is 20.7. The number of nitrogens with one attached hydrogen (secondary N) is 2. The summed E-state index contributed by atoms with van der Waals surface area (Å²) < 4.78 is 14.8. The predicted molar refractivity (Wildman–Crippen MR) is 132 cm³/mol. The van der Waals surface area contributed by atoms with Crippen LogP contribution in [-0.2, 0) is 46.6 Å². The minimum absolute atomic E-state index is 0.140. The van der Waals surface area contributed by atoms with E-state index < -0.39 is 73.8 Å². The van der Waals surface area contributed by atoms with E-state index in [4.69, 9.17) is 24.4 Å². The summed E-state index contributed by atoms with van der Waals surface area (Å²) in [6.07, 6.45) is -4.12. The van der Waals surface area contributed by atoms with Crippen LogP contribution in [-0.4, -0.2) is 58.4 Å². The van der Waals surface area contributed by atoms with Gasteiger partial charge in [-0.25, -0.2) is 19.2 Å². The van der Waals surface area contributed by atoms with Gasteiger partial charge in [-0.3, -0.25) is 9.59 Å². The van der Waals surface area contributed by atoms with Gasteiger partial charge in [0.05, 0.1) is 0 Å². The van der Waals surface area contributed by atoms with Crippen LogP contribution >= 0.6 is 0 Å². The number of hydrogen-bond acceptors (Lipinski definition) is 9. The van der Waals surface area contributed by atoms with Gasteiger partial charge in [0, 0.05) is 12.8 Å². The molecule has 13 heteroatoms. The Kier molecular flexibility index (Phi) is 12.4. The highest BCUT2D eigenvalue weighted by molar-refractivity contribution is 5.93. The van der Waals surface area contributed by atoms with Crippen molar-refractivity contribution in [2.75, 3.05) is 0 Å². The zero-order valence-electron chi connectivity index (χ0n) is 20.7. The summed E-state index contributed by atoms with van der Waals surface area (Å²) in [5, 5.41) is 22.3. The summed E-state index contributed by atoms with van der Waals surface area (Å²) in [5.74, 6) is -5.20. The van der Waals surface area contributed by atoms with Gasteiger partial charge in [0.1, 0.15) is 25.3 Å². The molecule has 0 saturated carbocycles. The van der Waals surface area contributed by atoms with E-state index in [0.29, 0.717) is 11.1 Å². The molecule has 0 aliphatic carbocycles. The smallest absolute Gasteiger partial charge is 0.408 e. The summed E-state index contributed by atoms with van der Waals surface area (Å²) in [6.45, 7) is -0.281. The molecular formula is C26H28N2O11. The molecule has 0 heterocycles. The predicted octanol–water partition coefficient (Wildman–Crippen LogP) is 2.38. The van der Waals surface area contributed by atoms with Gasteiger partial charge in [0.25, 0.3) is 0 Å². The first-order valence-corrected chi connectivity index (χ1v) is 11.8. The van der Waals surface area contributed by atoms with Crippen molar-refractivity contribution in [3.63, 3.8) is 0 Å². The SMILES string of the molecule is O=C(O)CCC(NC(=O)OCc1ccccc1)C(=O)OC(=O)C(CCC(=O)O)NC(=O)OCc1ccccc1. The van der Waals surface area contributed by atoms with Crippen LogP contribution in [0.1, 0.15) is 36.8 Å². The van der Waals surface area contributed by atoms with E-state index in [1.54, 1.807) is 60.7 Å². The number of carbonyl (C=O) groups is 6. The van der Waals surface area contributed by atoms with Gasteiger partial charge in [-0.1, -0.05) is 60.7 Å². The molecule has 0 fully saturated rings. The molecule has 0 aromatic heterocycles. The molecule has 0 bridgehead atoms. The number of benzene rings is 2. The number of rotatable bonds is 14. The molecular weight excluding hydrogens is 516 g/mol. The molecule has 0 saturated heterocycles. The maximum absolute atomic E-state index is 12.6. The Morgan fingerprint density at radius 3 is 1.31 bits per heavy atom. The Labute approximate surface area is 223 Å². The number of carboxylic acid groups (broad SMARTS) is 2. The molecule has 2 atom stereocenters. The summed E-state index contributed by atoms with van der Waals surface area (Å²) in [4.78, 5) is 71.7. The molecule has 0 spiro atoms. The van der Waals surface area contributed by atoms with E-state index in [1.807, 2.05) is 0 Å². The number of ether oxygens (including phenoxy) is 3. The monoisotopic (exact) mass is 544 g/mol. The van der Waals surface area contributed by atoms with Crippen LogP contribution in [0, 0.1) is 0 Å². The highest BCUT2D eigenvalue weighted by Crippen LogP contribution is 2.08. The van der Waals surface area contributed by atoms with Crippen molar-refractivity contribution in [2.24, 2.45) is 0 Å². The molecule has 2 amide bonds. The van der Waals surface area contributed by atoms with Crippen LogP contribution in [0.4, 0.5) is 9.59 Å². The topological polar surface area (TPSA) is 195 Å². The first-order valence-electron chi connectivity index (χ1n) is 11.8. The Bertz CT molecular complexity index is 1050. The van der Waals surface area contributed by atoms with Crippen molar-refractivity contribution in [3.8, 4) is 0 Å². The van der Waals surface area contributed by atoms with Crippen molar-refractivity contribution < 1.29 is 53.2 Å². The van der Waals surface area contributed by atoms with Crippen molar-refractivity contribution in [1.29, 1.82) is 0 Å². The lowest BCUT2D eigenvalue weighted by atomic mass is 10.1. The summed E-state index contributed by atoms with van der Waals surface area (Å²) in [6, 6.07) is 14.0. The number of hydrogen-bond donors (Lipinski definition) is 4. The van der Waals surface area contributed by atoms with Gasteiger partial charge in [0.15, 0.2) is 0 Å². The fourth-order valence-electron chi connectivity index (χ4n) is 3.09. The van der Waals surface area contributed by atoms with Crippen LogP contribution < -0.4 is 10.6 Å². The first kappa shape index (κ1) is 30.3. The normalized spacial score (nSPS) is 11.8. The quantitative estimate of drug-likeness (QED) is 0.155. The minimum atomic E-state index is -1.58. The number of carboxylic acids is 2. The molecule has 39 heavy (non-hydrogen) atoms. The molecule has 4 N–H and O–H groups in total. The third kappa shape index (κ3) is 12.2. The van der Waals surface area contributed by atoms with Crippen molar-refractivity contribution in [2.45, 2.75) is 51.0 Å². The number of alkyl carbamates (subject to hydrolysis) is 2. The molecule has 13 nitrogen and oxygen atoms in total. The molecule has 2 aromatic rings. The van der Waals surface area contributed by atoms with E-state index in [1.165, 1.54) is 0 Å². The molecule has 0 aliphatic heterocycles. The Balaban J connectivity index is 2.00. The fraction of sp³-hybridized carbons (Fsp3) is 0.308. The zero-order chi connectivity index (χ0) is 28.6. The second-order valence-electron chi connectivity index (χ2n) is 8.12. The molecule has 0 aliphatic rings. The van der Waals surface area contributed by atoms with E-state index in [2.05, 4.69) is 10.6 Å². The highest BCUT2D eigenvalue weighted by Gasteiger charge is 2.31. The lowest BCUT2D eigenvalue weighted by molar-refractivity contribution is -0.162. The van der Waals surface area contributed by atoms with Crippen LogP contribution in [0.15, 0.2) is 60.7 Å². The lowest BCUT2D eigenvalue weighted by Crippen LogP contribution is -2.47. The van der Waals surface area contributed by atoms with E-state index >= 15 is 0 Å². The van der Waals surface area contributed by atoms with Crippen LogP contribution in [0.5, 0.6) is 0 Å². The second-order valence-corrected chi connectivity index (χ2v) is 8.12. The molecule has 2 unspecified atom stereocenters. The summed E-state index contributed by atoms with van der Waals surface area (Å²) >= 11 is 0. The first-order chi connectivity index (χ1) is 18.6. The third-order valence-corrected chi connectivity index (χ3v) is 5.07. The molecule has 2 aromatic carbocycles. The van der Waals surface area contributed by atoms with Gasteiger partial charge < -0.3 is 35.1 Å². The summed E-state index contributed by atoms with van der Waals surface area (Å²) in [5.41, 5.74) is 1.30. The van der Waals surface area contributed by atoms with Gasteiger partial charge in [-0.15, -0.1) is 0 Å². The molecule has 208 valence electrons. The third-order valence-electron chi connectivity index (χ3n) is 5.07. The highest BCUT2D eigenvalue weighted by atomic mass is 16.6. The number of esters is 2. The van der Waals surface area contributed by atoms with Gasteiger partial charge in [-0.05, 0) is 24.0 Å². The van der Waals surface area contributed by atoms with Crippen molar-refractivity contribution >= 4 is 36.1 Å². The van der Waals surface area contributed by atoms with E-state index in [0.717, 1.165) is 0 Å². The van der Waals surface area contributed by atoms with Crippen LogP contribution in [0.2, 0.25) is 0 Å². The second kappa shape index (κ2) is 16.0. The lowest BCUT2D eigenvalue weighted by Gasteiger charge is -2.19. The number of aliphatic carboxylic acids is 2. The molecule has 2 rings (SSSR count). The number of carbonyl (C=O) groups excluding carboxylic acids is 4. The Hall–Kier alpha value is -4.94. The molecule has 0 radical (unpaired) electrons. The van der Waals surface area contributed by atoms with Crippen LogP contribution in [0.3, 0.4) is 0 Å². The average Bonchev–Trinajstić information content (AvgIpc) is 2.91. The van der Waals surface area contributed by atoms with Gasteiger partial charge in [-0.2, -0.15) is 0 Å². The van der Waals surface area contributed by atoms with Crippen molar-refractivity contribution in [3.05, 3.63) is 71.8 Å². The average molecular weight is 545 g/mol. The fourth-order valence-corrected chi connectivity index (χ4v) is 3.09. The number of amides is 2. The van der Waals surface area contributed by atoms with E-state index in [-0.39, 0.29) is 13.2 Å². The summed E-state index contributed by atoms with van der Waals surface area (Å²) in [7, 11) is 0. The maximum atomic E-state index is 12.6. The Morgan fingerprint density at radius 2 is 0.974 bits per heavy atom. The Morgan fingerprint density at radius 1 is 0.615 bits per heavy atom. The van der Waals surface area contributed by atoms with Gasteiger partial charge in [0.2, 0.25) is 0 Å².